The number of nitrogens with one attached hydrogen (secondary N) is 1. The molecule has 1 saturated carbocycles. The van der Waals surface area contributed by atoms with Crippen LogP contribution in [0.2, 0.25) is 0 Å². The summed E-state index contributed by atoms with van der Waals surface area (Å²) >= 11 is 1.46. The number of hydrogen-bond acceptors (Lipinski definition) is 5. The number of hydrogen-bond donors (Lipinski definition) is 1. The minimum Gasteiger partial charge on any atom is -0.348 e. The molecule has 0 unspecified atom stereocenters. The molecular weight excluding hydrogens is 338 g/mol. The molecule has 4 rings (SSSR count). The van der Waals surface area contributed by atoms with Gasteiger partial charge in [-0.25, -0.2) is 4.68 Å². The molecular formula is C17H21N5O2S. The van der Waals surface area contributed by atoms with Crippen LogP contribution in [0.5, 0.6) is 0 Å². The van der Waals surface area contributed by atoms with Crippen LogP contribution >= 0.6 is 11.3 Å². The molecule has 7 nitrogen and oxygen atoms in total. The van der Waals surface area contributed by atoms with Gasteiger partial charge in [-0.1, -0.05) is 5.21 Å². The fraction of sp³-hybridized carbons (Fsp3) is 0.529. The quantitative estimate of drug-likeness (QED) is 0.909. The second-order valence-electron chi connectivity index (χ2n) is 6.78. The van der Waals surface area contributed by atoms with Crippen molar-refractivity contribution in [3.63, 3.8) is 0 Å². The van der Waals surface area contributed by atoms with E-state index in [9.17, 15) is 9.59 Å². The first-order valence-electron chi connectivity index (χ1n) is 8.69. The van der Waals surface area contributed by atoms with Gasteiger partial charge in [0.1, 0.15) is 0 Å². The Morgan fingerprint density at radius 3 is 2.80 bits per heavy atom. The van der Waals surface area contributed by atoms with Gasteiger partial charge in [0, 0.05) is 19.1 Å². The Morgan fingerprint density at radius 2 is 2.12 bits per heavy atom. The molecule has 0 radical (unpaired) electrons. The molecule has 2 aromatic heterocycles. The van der Waals surface area contributed by atoms with Gasteiger partial charge < -0.3 is 10.2 Å². The number of aromatic nitrogens is 3. The third-order valence-electron chi connectivity index (χ3n) is 4.86. The zero-order valence-corrected chi connectivity index (χ0v) is 15.0. The Bertz CT molecular complexity index is 808. The average molecular weight is 359 g/mol. The van der Waals surface area contributed by atoms with E-state index in [0.717, 1.165) is 41.8 Å². The van der Waals surface area contributed by atoms with Crippen molar-refractivity contribution in [3.05, 3.63) is 33.3 Å². The summed E-state index contributed by atoms with van der Waals surface area (Å²) in [7, 11) is 0. The van der Waals surface area contributed by atoms with Crippen LogP contribution in [0.3, 0.4) is 0 Å². The number of carbonyl (C=O) groups is 2. The molecule has 25 heavy (non-hydrogen) atoms. The predicted octanol–water partition coefficient (Wildman–Crippen LogP) is 1.98. The van der Waals surface area contributed by atoms with Gasteiger partial charge in [0.05, 0.1) is 17.1 Å². The van der Waals surface area contributed by atoms with E-state index in [1.165, 1.54) is 11.3 Å². The first kappa shape index (κ1) is 16.3. The second-order valence-corrected chi connectivity index (χ2v) is 7.69. The van der Waals surface area contributed by atoms with Crippen LogP contribution in [0.4, 0.5) is 0 Å². The van der Waals surface area contributed by atoms with Gasteiger partial charge >= 0.3 is 0 Å². The highest BCUT2D eigenvalue weighted by molar-refractivity contribution is 7.12. The maximum atomic E-state index is 12.8. The van der Waals surface area contributed by atoms with Gasteiger partial charge in [0.2, 0.25) is 0 Å². The number of thiophene rings is 1. The Labute approximate surface area is 150 Å². The van der Waals surface area contributed by atoms with Crippen LogP contribution in [0.25, 0.3) is 0 Å². The molecule has 2 aromatic rings. The number of amides is 2. The maximum absolute atomic E-state index is 12.8. The Balaban J connectivity index is 1.55. The molecule has 1 aliphatic carbocycles. The van der Waals surface area contributed by atoms with Crippen LogP contribution < -0.4 is 5.32 Å². The van der Waals surface area contributed by atoms with E-state index in [0.29, 0.717) is 25.3 Å². The van der Waals surface area contributed by atoms with Crippen LogP contribution in [-0.2, 0) is 13.1 Å². The average Bonchev–Trinajstić information content (AvgIpc) is 3.10. The lowest BCUT2D eigenvalue weighted by Crippen LogP contribution is -2.40. The van der Waals surface area contributed by atoms with Crippen molar-refractivity contribution >= 4 is 23.2 Å². The van der Waals surface area contributed by atoms with E-state index < -0.39 is 0 Å². The number of rotatable bonds is 3. The molecule has 2 amide bonds. The van der Waals surface area contributed by atoms with Crippen molar-refractivity contribution in [2.45, 2.75) is 51.7 Å². The third kappa shape index (κ3) is 3.18. The molecule has 0 aromatic carbocycles. The van der Waals surface area contributed by atoms with Gasteiger partial charge in [-0.05, 0) is 49.6 Å². The van der Waals surface area contributed by atoms with Gasteiger partial charge in [-0.15, -0.1) is 16.4 Å². The number of aryl methyl sites for hydroxylation is 2. The van der Waals surface area contributed by atoms with Crippen molar-refractivity contribution in [2.24, 2.45) is 0 Å². The summed E-state index contributed by atoms with van der Waals surface area (Å²) in [6, 6.07) is 2.17. The smallest absolute Gasteiger partial charge is 0.274 e. The van der Waals surface area contributed by atoms with E-state index in [1.54, 1.807) is 9.58 Å². The maximum Gasteiger partial charge on any atom is 0.274 e. The third-order valence-corrected chi connectivity index (χ3v) is 5.90. The van der Waals surface area contributed by atoms with Gasteiger partial charge in [0.15, 0.2) is 5.69 Å². The summed E-state index contributed by atoms with van der Waals surface area (Å²) in [6.45, 7) is 3.68. The second kappa shape index (κ2) is 6.59. The molecule has 132 valence electrons. The summed E-state index contributed by atoms with van der Waals surface area (Å²) in [6.07, 6.45) is 4.01. The lowest BCUT2D eigenvalue weighted by Gasteiger charge is -2.26. The molecule has 0 saturated heterocycles. The molecule has 0 bridgehead atoms. The summed E-state index contributed by atoms with van der Waals surface area (Å²) in [4.78, 5) is 27.8. The normalized spacial score (nSPS) is 17.6. The molecule has 2 aliphatic rings. The SMILES string of the molecule is Cc1csc(C(=O)N2CCCn3nnc(C(=O)NC4CCC4)c3C2)c1. The fourth-order valence-electron chi connectivity index (χ4n) is 3.20. The Kier molecular flexibility index (Phi) is 4.29. The summed E-state index contributed by atoms with van der Waals surface area (Å²) < 4.78 is 1.77. The minimum atomic E-state index is -0.174. The Hall–Kier alpha value is -2.22. The molecule has 0 atom stereocenters. The van der Waals surface area contributed by atoms with Crippen molar-refractivity contribution in [1.82, 2.24) is 25.2 Å². The lowest BCUT2D eigenvalue weighted by molar-refractivity contribution is 0.0747. The van der Waals surface area contributed by atoms with E-state index in [-0.39, 0.29) is 17.9 Å². The highest BCUT2D eigenvalue weighted by atomic mass is 32.1. The van der Waals surface area contributed by atoms with Crippen molar-refractivity contribution in [1.29, 1.82) is 0 Å². The highest BCUT2D eigenvalue weighted by Gasteiger charge is 2.29. The van der Waals surface area contributed by atoms with Crippen LogP contribution in [0.1, 0.15) is 57.1 Å². The molecule has 1 N–H and O–H groups in total. The number of nitrogens with zero attached hydrogens (tertiary/aromatic N) is 4. The van der Waals surface area contributed by atoms with Gasteiger partial charge in [0.25, 0.3) is 11.8 Å². The summed E-state index contributed by atoms with van der Waals surface area (Å²) in [5.41, 5.74) is 2.18. The van der Waals surface area contributed by atoms with Gasteiger partial charge in [-0.3, -0.25) is 9.59 Å². The van der Waals surface area contributed by atoms with Crippen molar-refractivity contribution < 1.29 is 9.59 Å². The highest BCUT2D eigenvalue weighted by Crippen LogP contribution is 2.22. The number of fused-ring (bicyclic) bond motifs is 1. The zero-order valence-electron chi connectivity index (χ0n) is 14.2. The number of carbonyl (C=O) groups excluding carboxylic acids is 2. The summed E-state index contributed by atoms with van der Waals surface area (Å²) in [5, 5.41) is 13.2. The first-order chi connectivity index (χ1) is 12.1. The van der Waals surface area contributed by atoms with Crippen molar-refractivity contribution in [3.8, 4) is 0 Å². The molecule has 0 spiro atoms. The first-order valence-corrected chi connectivity index (χ1v) is 9.57. The molecule has 1 aliphatic heterocycles. The van der Waals surface area contributed by atoms with E-state index in [1.807, 2.05) is 18.4 Å². The van der Waals surface area contributed by atoms with Crippen LogP contribution in [0.15, 0.2) is 11.4 Å². The van der Waals surface area contributed by atoms with E-state index in [4.69, 9.17) is 0 Å². The monoisotopic (exact) mass is 359 g/mol. The van der Waals surface area contributed by atoms with Crippen molar-refractivity contribution in [2.75, 3.05) is 6.54 Å². The minimum absolute atomic E-state index is 0.0121. The van der Waals surface area contributed by atoms with E-state index >= 15 is 0 Å². The lowest BCUT2D eigenvalue weighted by atomic mass is 9.93. The zero-order chi connectivity index (χ0) is 17.4. The molecule has 3 heterocycles. The van der Waals surface area contributed by atoms with Crippen LogP contribution in [-0.4, -0.2) is 44.3 Å². The molecule has 8 heteroatoms. The van der Waals surface area contributed by atoms with E-state index in [2.05, 4.69) is 15.6 Å². The van der Waals surface area contributed by atoms with Crippen LogP contribution in [0, 0.1) is 6.92 Å². The topological polar surface area (TPSA) is 80.1 Å². The predicted molar refractivity (Wildman–Crippen MR) is 93.5 cm³/mol. The summed E-state index contributed by atoms with van der Waals surface area (Å²) in [5.74, 6) is -0.162. The Morgan fingerprint density at radius 1 is 1.28 bits per heavy atom. The largest absolute Gasteiger partial charge is 0.348 e. The fourth-order valence-corrected chi connectivity index (χ4v) is 4.06. The van der Waals surface area contributed by atoms with Gasteiger partial charge in [-0.2, -0.15) is 0 Å². The molecule has 1 fully saturated rings. The standard InChI is InChI=1S/C17H21N5O2S/c1-11-8-14(25-10-11)17(24)21-6-3-7-22-13(9-21)15(19-20-22)16(23)18-12-4-2-5-12/h8,10,12H,2-7,9H2,1H3,(H,18,23).